The van der Waals surface area contributed by atoms with Crippen molar-refractivity contribution < 1.29 is 19.1 Å². The molecule has 0 aromatic heterocycles. The molecule has 1 aliphatic heterocycles. The number of hydrazine groups is 1. The van der Waals surface area contributed by atoms with Gasteiger partial charge in [-0.15, -0.1) is 0 Å². The number of benzene rings is 1. The molecule has 3 amide bonds. The Morgan fingerprint density at radius 2 is 1.85 bits per heavy atom. The molecule has 1 aromatic rings. The lowest BCUT2D eigenvalue weighted by Crippen LogP contribution is -2.51. The zero-order valence-corrected chi connectivity index (χ0v) is 16.3. The topological polar surface area (TPSA) is 75.7 Å². The van der Waals surface area contributed by atoms with Crippen molar-refractivity contribution in [1.29, 1.82) is 0 Å². The van der Waals surface area contributed by atoms with Crippen molar-refractivity contribution in [3.63, 3.8) is 0 Å². The highest BCUT2D eigenvalue weighted by atomic mass is 35.5. The van der Waals surface area contributed by atoms with Crippen LogP contribution in [-0.2, 0) is 14.4 Å². The Balaban J connectivity index is 1.47. The van der Waals surface area contributed by atoms with Gasteiger partial charge < -0.3 is 4.74 Å². The number of hydrogen-bond acceptors (Lipinski definition) is 4. The van der Waals surface area contributed by atoms with Gasteiger partial charge in [-0.25, -0.2) is 0 Å². The highest BCUT2D eigenvalue weighted by Gasteiger charge is 2.61. The lowest BCUT2D eigenvalue weighted by atomic mass is 9.81. The van der Waals surface area contributed by atoms with Crippen LogP contribution in [0.25, 0.3) is 0 Å². The molecule has 1 aromatic carbocycles. The van der Waals surface area contributed by atoms with E-state index in [1.807, 2.05) is 0 Å². The number of hydrogen-bond donors (Lipinski definition) is 1. The molecule has 2 aliphatic carbocycles. The van der Waals surface area contributed by atoms with E-state index in [-0.39, 0.29) is 41.2 Å². The van der Waals surface area contributed by atoms with E-state index in [1.54, 1.807) is 19.1 Å². The third-order valence-corrected chi connectivity index (χ3v) is 6.52. The summed E-state index contributed by atoms with van der Waals surface area (Å²) in [6, 6.07) is 4.72. The number of carbonyl (C=O) groups is 3. The number of carbonyl (C=O) groups excluding carboxylic acids is 3. The van der Waals surface area contributed by atoms with E-state index in [0.29, 0.717) is 16.5 Å². The Kier molecular flexibility index (Phi) is 4.80. The first-order valence-corrected chi connectivity index (χ1v) is 9.96. The fourth-order valence-corrected chi connectivity index (χ4v) is 5.07. The summed E-state index contributed by atoms with van der Waals surface area (Å²) in [5, 5.41) is 1.66. The highest BCUT2D eigenvalue weighted by Crippen LogP contribution is 2.55. The van der Waals surface area contributed by atoms with Gasteiger partial charge in [0.25, 0.3) is 17.7 Å². The Morgan fingerprint density at radius 3 is 2.44 bits per heavy atom. The first-order valence-electron chi connectivity index (χ1n) is 9.20. The van der Waals surface area contributed by atoms with Gasteiger partial charge in [-0.1, -0.05) is 30.1 Å². The van der Waals surface area contributed by atoms with Crippen LogP contribution in [0.4, 0.5) is 0 Å². The maximum absolute atomic E-state index is 12.7. The van der Waals surface area contributed by atoms with Gasteiger partial charge in [-0.2, -0.15) is 5.01 Å². The van der Waals surface area contributed by atoms with Crippen LogP contribution in [0.5, 0.6) is 5.75 Å². The Labute approximate surface area is 167 Å². The molecule has 144 valence electrons. The summed E-state index contributed by atoms with van der Waals surface area (Å²) in [7, 11) is 0. The summed E-state index contributed by atoms with van der Waals surface area (Å²) in [5.41, 5.74) is 2.48. The lowest BCUT2D eigenvalue weighted by Gasteiger charge is -2.22. The molecule has 0 radical (unpaired) electrons. The van der Waals surface area contributed by atoms with E-state index in [1.165, 1.54) is 6.07 Å². The number of rotatable bonds is 5. The molecule has 1 heterocycles. The number of amides is 3. The monoisotopic (exact) mass is 410 g/mol. The van der Waals surface area contributed by atoms with Crippen LogP contribution in [-0.4, -0.2) is 28.8 Å². The molecule has 2 saturated carbocycles. The summed E-state index contributed by atoms with van der Waals surface area (Å²) in [6.07, 6.45) is 2.35. The first-order chi connectivity index (χ1) is 12.9. The largest absolute Gasteiger partial charge is 0.479 e. The second kappa shape index (κ2) is 6.99. The van der Waals surface area contributed by atoms with Gasteiger partial charge in [0.1, 0.15) is 5.75 Å². The summed E-state index contributed by atoms with van der Waals surface area (Å²) in [6.45, 7) is 1.77. The van der Waals surface area contributed by atoms with Crippen LogP contribution in [0.1, 0.15) is 32.6 Å². The Hall–Kier alpha value is -1.79. The van der Waals surface area contributed by atoms with Crippen molar-refractivity contribution in [2.45, 2.75) is 38.7 Å². The smallest absolute Gasteiger partial charge is 0.279 e. The summed E-state index contributed by atoms with van der Waals surface area (Å²) in [5.74, 6) is -0.881. The third kappa shape index (κ3) is 3.09. The maximum Gasteiger partial charge on any atom is 0.279 e. The average molecular weight is 411 g/mol. The molecule has 4 rings (SSSR count). The van der Waals surface area contributed by atoms with E-state index in [2.05, 4.69) is 5.43 Å². The Morgan fingerprint density at radius 1 is 1.22 bits per heavy atom. The van der Waals surface area contributed by atoms with Gasteiger partial charge in [0.2, 0.25) is 0 Å². The van der Waals surface area contributed by atoms with Crippen LogP contribution in [0.3, 0.4) is 0 Å². The Bertz CT molecular complexity index is 787. The lowest BCUT2D eigenvalue weighted by molar-refractivity contribution is -0.152. The molecule has 1 saturated heterocycles. The number of halogens is 2. The zero-order valence-electron chi connectivity index (χ0n) is 14.8. The number of imide groups is 1. The predicted molar refractivity (Wildman–Crippen MR) is 99.0 cm³/mol. The first kappa shape index (κ1) is 18.6. The molecule has 0 spiro atoms. The molecular weight excluding hydrogens is 391 g/mol. The fraction of sp³-hybridized carbons (Fsp3) is 0.526. The second-order valence-electron chi connectivity index (χ2n) is 7.46. The highest BCUT2D eigenvalue weighted by molar-refractivity contribution is 6.34. The number of fused-ring (bicyclic) bond motifs is 5. The second-order valence-corrected chi connectivity index (χ2v) is 8.31. The van der Waals surface area contributed by atoms with E-state index >= 15 is 0 Å². The molecule has 3 aliphatic rings. The van der Waals surface area contributed by atoms with Crippen LogP contribution >= 0.6 is 23.2 Å². The fourth-order valence-electron chi connectivity index (χ4n) is 4.74. The number of nitrogens with one attached hydrogen (secondary N) is 1. The van der Waals surface area contributed by atoms with Crippen molar-refractivity contribution in [3.8, 4) is 5.75 Å². The van der Waals surface area contributed by atoms with Crippen molar-refractivity contribution >= 4 is 40.9 Å². The summed E-state index contributed by atoms with van der Waals surface area (Å²) < 4.78 is 5.69. The van der Waals surface area contributed by atoms with Crippen LogP contribution in [0, 0.1) is 23.7 Å². The van der Waals surface area contributed by atoms with E-state index < -0.39 is 12.0 Å². The van der Waals surface area contributed by atoms with Crippen molar-refractivity contribution in [3.05, 3.63) is 28.2 Å². The molecule has 27 heavy (non-hydrogen) atoms. The minimum Gasteiger partial charge on any atom is -0.479 e. The van der Waals surface area contributed by atoms with E-state index in [4.69, 9.17) is 27.9 Å². The standard InChI is InChI=1S/C19H20Cl2N2O4/c1-2-13(27-14-8-11(20)5-6-12(14)21)17(24)22-23-18(25)15-9-3-4-10(7-9)16(15)19(23)26/h5-6,8-10,13,15-16H,2-4,7H2,1H3,(H,22,24)/t9-,10+,13-,15-,16-/m0/s1. The average Bonchev–Trinajstić information content (AvgIpc) is 3.32. The third-order valence-electron chi connectivity index (χ3n) is 5.98. The molecule has 2 bridgehead atoms. The van der Waals surface area contributed by atoms with Gasteiger partial charge in [-0.05, 0) is 49.7 Å². The SMILES string of the molecule is CC[C@H](Oc1cc(Cl)ccc1Cl)C(=O)NN1C(=O)[C@H]2[C@@H]3CC[C@@H](C3)[C@@H]2C1=O. The van der Waals surface area contributed by atoms with Gasteiger partial charge in [0, 0.05) is 11.1 Å². The van der Waals surface area contributed by atoms with Crippen LogP contribution in [0.15, 0.2) is 18.2 Å². The molecule has 3 fully saturated rings. The molecular formula is C19H20Cl2N2O4. The minimum atomic E-state index is -0.904. The molecule has 0 unspecified atom stereocenters. The normalized spacial score (nSPS) is 29.8. The molecule has 5 atom stereocenters. The van der Waals surface area contributed by atoms with Crippen molar-refractivity contribution in [1.82, 2.24) is 10.4 Å². The molecule has 8 heteroatoms. The minimum absolute atomic E-state index is 0.266. The van der Waals surface area contributed by atoms with Crippen LogP contribution < -0.4 is 10.2 Å². The predicted octanol–water partition coefficient (Wildman–Crippen LogP) is 3.21. The maximum atomic E-state index is 12.7. The quantitative estimate of drug-likeness (QED) is 0.756. The van der Waals surface area contributed by atoms with Crippen molar-refractivity contribution in [2.24, 2.45) is 23.7 Å². The molecule has 6 nitrogen and oxygen atoms in total. The van der Waals surface area contributed by atoms with Gasteiger partial charge in [-0.3, -0.25) is 19.8 Å². The summed E-state index contributed by atoms with van der Waals surface area (Å²) >= 11 is 12.0. The van der Waals surface area contributed by atoms with Gasteiger partial charge >= 0.3 is 0 Å². The van der Waals surface area contributed by atoms with E-state index in [0.717, 1.165) is 24.3 Å². The van der Waals surface area contributed by atoms with Crippen LogP contribution in [0.2, 0.25) is 10.0 Å². The van der Waals surface area contributed by atoms with Crippen molar-refractivity contribution in [2.75, 3.05) is 0 Å². The summed E-state index contributed by atoms with van der Waals surface area (Å²) in [4.78, 5) is 38.1. The number of ether oxygens (including phenoxy) is 1. The van der Waals surface area contributed by atoms with Gasteiger partial charge in [0.15, 0.2) is 6.10 Å². The molecule has 1 N–H and O–H groups in total. The van der Waals surface area contributed by atoms with Gasteiger partial charge in [0.05, 0.1) is 16.9 Å². The van der Waals surface area contributed by atoms with E-state index in [9.17, 15) is 14.4 Å². The zero-order chi connectivity index (χ0) is 19.3. The number of nitrogens with zero attached hydrogens (tertiary/aromatic N) is 1.